The van der Waals surface area contributed by atoms with Crippen LogP contribution >= 0.6 is 34.5 Å². The first-order valence-corrected chi connectivity index (χ1v) is 10.4. The van der Waals surface area contributed by atoms with E-state index in [-0.39, 0.29) is 5.91 Å². The molecule has 0 atom stereocenters. The van der Waals surface area contributed by atoms with Gasteiger partial charge in [0.15, 0.2) is 5.13 Å². The number of piperazine rings is 1. The molecule has 0 saturated carbocycles. The molecule has 0 radical (unpaired) electrons. The van der Waals surface area contributed by atoms with E-state index in [0.717, 1.165) is 23.7 Å². The zero-order valence-electron chi connectivity index (χ0n) is 15.1. The summed E-state index contributed by atoms with van der Waals surface area (Å²) in [5.74, 6) is -0.0492. The minimum atomic E-state index is -0.0492. The van der Waals surface area contributed by atoms with Gasteiger partial charge < -0.3 is 9.80 Å². The third kappa shape index (κ3) is 3.64. The molecule has 0 bridgehead atoms. The van der Waals surface area contributed by atoms with Gasteiger partial charge in [0.2, 0.25) is 0 Å². The second-order valence-electron chi connectivity index (χ2n) is 6.80. The lowest BCUT2D eigenvalue weighted by molar-refractivity contribution is 0.0747. The summed E-state index contributed by atoms with van der Waals surface area (Å²) < 4.78 is 1.21. The molecule has 3 aromatic rings. The van der Waals surface area contributed by atoms with Crippen LogP contribution in [0.2, 0.25) is 10.0 Å². The number of halogens is 2. The maximum Gasteiger partial charge on any atom is 0.255 e. The molecule has 1 amide bonds. The van der Waals surface area contributed by atoms with Crippen molar-refractivity contribution >= 4 is 55.8 Å². The lowest BCUT2D eigenvalue weighted by atomic mass is 10.1. The SMILES string of the molecule is Cc1cc2nc(N3CCN(C(=O)c4ccc(Cl)cc4Cl)CC3)sc2cc1C. The van der Waals surface area contributed by atoms with E-state index in [1.165, 1.54) is 15.8 Å². The number of carbonyl (C=O) groups is 1. The number of fused-ring (bicyclic) bond motifs is 1. The van der Waals surface area contributed by atoms with Crippen LogP contribution < -0.4 is 4.90 Å². The Kier molecular flexibility index (Phi) is 5.01. The Hall–Kier alpha value is -1.82. The Morgan fingerprint density at radius 3 is 2.44 bits per heavy atom. The quantitative estimate of drug-likeness (QED) is 0.573. The van der Waals surface area contributed by atoms with Gasteiger partial charge >= 0.3 is 0 Å². The third-order valence-corrected chi connectivity index (χ3v) is 6.62. The molecule has 1 saturated heterocycles. The topological polar surface area (TPSA) is 36.4 Å². The van der Waals surface area contributed by atoms with Gasteiger partial charge in [0.05, 0.1) is 20.8 Å². The number of nitrogens with zero attached hydrogens (tertiary/aromatic N) is 3. The lowest BCUT2D eigenvalue weighted by Gasteiger charge is -2.34. The van der Waals surface area contributed by atoms with Crippen molar-refractivity contribution in [1.82, 2.24) is 9.88 Å². The van der Waals surface area contributed by atoms with Crippen molar-refractivity contribution < 1.29 is 4.79 Å². The minimum Gasteiger partial charge on any atom is -0.345 e. The Labute approximate surface area is 172 Å². The molecular formula is C20H19Cl2N3OS. The molecule has 140 valence electrons. The number of hydrogen-bond donors (Lipinski definition) is 0. The number of rotatable bonds is 2. The van der Waals surface area contributed by atoms with Gasteiger partial charge in [-0.25, -0.2) is 4.98 Å². The van der Waals surface area contributed by atoms with E-state index >= 15 is 0 Å². The summed E-state index contributed by atoms with van der Waals surface area (Å²) in [7, 11) is 0. The molecular weight excluding hydrogens is 401 g/mol. The van der Waals surface area contributed by atoms with Crippen molar-refractivity contribution in [2.24, 2.45) is 0 Å². The highest BCUT2D eigenvalue weighted by Crippen LogP contribution is 2.31. The highest BCUT2D eigenvalue weighted by atomic mass is 35.5. The fourth-order valence-corrected chi connectivity index (χ4v) is 4.82. The van der Waals surface area contributed by atoms with Crippen LogP contribution in [0.1, 0.15) is 21.5 Å². The van der Waals surface area contributed by atoms with Gasteiger partial charge in [0, 0.05) is 31.2 Å². The van der Waals surface area contributed by atoms with Crippen molar-refractivity contribution in [3.63, 3.8) is 0 Å². The molecule has 1 aliphatic rings. The van der Waals surface area contributed by atoms with E-state index in [1.807, 2.05) is 4.90 Å². The average Bonchev–Trinajstić information content (AvgIpc) is 3.04. The Morgan fingerprint density at radius 1 is 1.04 bits per heavy atom. The van der Waals surface area contributed by atoms with E-state index in [4.69, 9.17) is 28.2 Å². The summed E-state index contributed by atoms with van der Waals surface area (Å²) in [5.41, 5.74) is 4.09. The van der Waals surface area contributed by atoms with Crippen LogP contribution in [0, 0.1) is 13.8 Å². The van der Waals surface area contributed by atoms with Gasteiger partial charge in [-0.1, -0.05) is 34.5 Å². The fourth-order valence-electron chi connectivity index (χ4n) is 3.24. The summed E-state index contributed by atoms with van der Waals surface area (Å²) in [6.45, 7) is 7.04. The number of aryl methyl sites for hydroxylation is 2. The maximum absolute atomic E-state index is 12.8. The van der Waals surface area contributed by atoms with Gasteiger partial charge in [-0.15, -0.1) is 0 Å². The van der Waals surface area contributed by atoms with E-state index in [2.05, 4.69) is 30.9 Å². The first-order chi connectivity index (χ1) is 12.9. The van der Waals surface area contributed by atoms with E-state index < -0.39 is 0 Å². The first kappa shape index (κ1) is 18.5. The smallest absolute Gasteiger partial charge is 0.255 e. The van der Waals surface area contributed by atoms with Crippen LogP contribution in [0.25, 0.3) is 10.2 Å². The van der Waals surface area contributed by atoms with Crippen LogP contribution in [-0.4, -0.2) is 42.0 Å². The predicted molar refractivity (Wildman–Crippen MR) is 114 cm³/mol. The van der Waals surface area contributed by atoms with Gasteiger partial charge in [0.1, 0.15) is 0 Å². The Balaban J connectivity index is 1.48. The van der Waals surface area contributed by atoms with Crippen molar-refractivity contribution in [2.75, 3.05) is 31.1 Å². The monoisotopic (exact) mass is 419 g/mol. The lowest BCUT2D eigenvalue weighted by Crippen LogP contribution is -2.48. The third-order valence-electron chi connectivity index (χ3n) is 4.99. The highest BCUT2D eigenvalue weighted by Gasteiger charge is 2.25. The van der Waals surface area contributed by atoms with Gasteiger partial charge in [-0.05, 0) is 55.3 Å². The summed E-state index contributed by atoms with van der Waals surface area (Å²) in [6.07, 6.45) is 0. The zero-order chi connectivity index (χ0) is 19.1. The Morgan fingerprint density at radius 2 is 1.74 bits per heavy atom. The van der Waals surface area contributed by atoms with E-state index in [0.29, 0.717) is 28.7 Å². The highest BCUT2D eigenvalue weighted by molar-refractivity contribution is 7.22. The van der Waals surface area contributed by atoms with Crippen LogP contribution in [0.3, 0.4) is 0 Å². The largest absolute Gasteiger partial charge is 0.345 e. The number of hydrogen-bond acceptors (Lipinski definition) is 4. The molecule has 0 unspecified atom stereocenters. The molecule has 7 heteroatoms. The summed E-state index contributed by atoms with van der Waals surface area (Å²) in [5, 5.41) is 1.95. The normalized spacial score (nSPS) is 14.8. The van der Waals surface area contributed by atoms with Gasteiger partial charge in [-0.3, -0.25) is 4.79 Å². The standard InChI is InChI=1S/C20H19Cl2N3OS/c1-12-9-17-18(10-13(12)2)27-20(23-17)25-7-5-24(6-8-25)19(26)15-4-3-14(21)11-16(15)22/h3-4,9-11H,5-8H2,1-2H3. The Bertz CT molecular complexity index is 986. The number of carbonyl (C=O) groups excluding carboxylic acids is 1. The van der Waals surface area contributed by atoms with Crippen LogP contribution in [0.5, 0.6) is 0 Å². The molecule has 1 aliphatic heterocycles. The molecule has 0 aliphatic carbocycles. The van der Waals surface area contributed by atoms with Gasteiger partial charge in [-0.2, -0.15) is 0 Å². The molecule has 4 rings (SSSR count). The molecule has 0 spiro atoms. The zero-order valence-corrected chi connectivity index (χ0v) is 17.5. The number of anilines is 1. The van der Waals surface area contributed by atoms with Crippen molar-refractivity contribution in [1.29, 1.82) is 0 Å². The first-order valence-electron chi connectivity index (χ1n) is 8.79. The van der Waals surface area contributed by atoms with Gasteiger partial charge in [0.25, 0.3) is 5.91 Å². The summed E-state index contributed by atoms with van der Waals surface area (Å²) >= 11 is 13.8. The molecule has 1 fully saturated rings. The van der Waals surface area contributed by atoms with Crippen LogP contribution in [0.15, 0.2) is 30.3 Å². The minimum absolute atomic E-state index is 0.0492. The summed E-state index contributed by atoms with van der Waals surface area (Å²) in [4.78, 5) is 21.6. The average molecular weight is 420 g/mol. The molecule has 1 aromatic heterocycles. The second kappa shape index (κ2) is 7.30. The fraction of sp³-hybridized carbons (Fsp3) is 0.300. The summed E-state index contributed by atoms with van der Waals surface area (Å²) in [6, 6.07) is 9.35. The van der Waals surface area contributed by atoms with Crippen molar-refractivity contribution in [3.8, 4) is 0 Å². The van der Waals surface area contributed by atoms with E-state index in [9.17, 15) is 4.79 Å². The van der Waals surface area contributed by atoms with Crippen molar-refractivity contribution in [3.05, 3.63) is 57.1 Å². The van der Waals surface area contributed by atoms with Crippen LogP contribution in [0.4, 0.5) is 5.13 Å². The maximum atomic E-state index is 12.8. The molecule has 27 heavy (non-hydrogen) atoms. The number of aromatic nitrogens is 1. The second-order valence-corrected chi connectivity index (χ2v) is 8.66. The van der Waals surface area contributed by atoms with Crippen LogP contribution in [-0.2, 0) is 0 Å². The van der Waals surface area contributed by atoms with Crippen molar-refractivity contribution in [2.45, 2.75) is 13.8 Å². The number of amides is 1. The number of thiazole rings is 1. The molecule has 0 N–H and O–H groups in total. The van der Waals surface area contributed by atoms with E-state index in [1.54, 1.807) is 29.5 Å². The molecule has 2 aromatic carbocycles. The predicted octanol–water partition coefficient (Wildman–Crippen LogP) is 5.18. The molecule has 2 heterocycles. The number of benzene rings is 2. The molecule has 4 nitrogen and oxygen atoms in total.